The van der Waals surface area contributed by atoms with Crippen LogP contribution in [0, 0.1) is 13.8 Å². The molecule has 0 atom stereocenters. The van der Waals surface area contributed by atoms with Gasteiger partial charge in [0.25, 0.3) is 0 Å². The van der Waals surface area contributed by atoms with Crippen LogP contribution in [0.4, 0.5) is 0 Å². The minimum absolute atomic E-state index is 0. The molecular weight excluding hydrogens is 353 g/mol. The first-order valence-corrected chi connectivity index (χ1v) is 9.41. The van der Waals surface area contributed by atoms with Gasteiger partial charge in [0, 0.05) is 0 Å². The van der Waals surface area contributed by atoms with Crippen molar-refractivity contribution in [1.29, 1.82) is 0 Å². The molecule has 0 nitrogen and oxygen atoms in total. The van der Waals surface area contributed by atoms with Crippen LogP contribution in [0.2, 0.25) is 0 Å². The van der Waals surface area contributed by atoms with Crippen LogP contribution in [-0.4, -0.2) is 0 Å². The summed E-state index contributed by atoms with van der Waals surface area (Å²) in [6.45, 7) is 12.2. The molecular formula is C20H42Cd. The summed E-state index contributed by atoms with van der Waals surface area (Å²) in [6, 6.07) is 0. The van der Waals surface area contributed by atoms with Gasteiger partial charge < -0.3 is 13.8 Å². The smallest absolute Gasteiger partial charge is 0.343 e. The maximum atomic E-state index is 3.82. The van der Waals surface area contributed by atoms with Crippen molar-refractivity contribution in [3.63, 3.8) is 0 Å². The second-order valence-corrected chi connectivity index (χ2v) is 5.95. The SMILES string of the molecule is [CH2-]CCCCCCCCC.[CH2-]CCCCCCCCC.[Cd+2]. The van der Waals surface area contributed by atoms with Gasteiger partial charge in [0.1, 0.15) is 0 Å². The van der Waals surface area contributed by atoms with E-state index in [1.165, 1.54) is 89.9 Å². The van der Waals surface area contributed by atoms with Gasteiger partial charge in [0.05, 0.1) is 0 Å². The molecule has 0 saturated heterocycles. The molecule has 0 aromatic carbocycles. The van der Waals surface area contributed by atoms with Crippen molar-refractivity contribution in [1.82, 2.24) is 0 Å². The van der Waals surface area contributed by atoms with Crippen LogP contribution in [0.25, 0.3) is 0 Å². The summed E-state index contributed by atoms with van der Waals surface area (Å²) in [6.07, 6.45) is 21.8. The van der Waals surface area contributed by atoms with Crippen molar-refractivity contribution in [3.8, 4) is 0 Å². The van der Waals surface area contributed by atoms with E-state index in [2.05, 4.69) is 27.7 Å². The zero-order chi connectivity index (χ0) is 15.3. The molecule has 1 heteroatoms. The molecule has 0 aliphatic carbocycles. The first-order valence-electron chi connectivity index (χ1n) is 9.41. The van der Waals surface area contributed by atoms with Gasteiger partial charge in [-0.05, 0) is 0 Å². The van der Waals surface area contributed by atoms with Crippen molar-refractivity contribution in [2.24, 2.45) is 0 Å². The van der Waals surface area contributed by atoms with E-state index < -0.39 is 0 Å². The average molecular weight is 395 g/mol. The Labute approximate surface area is 157 Å². The fraction of sp³-hybridized carbons (Fsp3) is 0.900. The number of hydrogen-bond donors (Lipinski definition) is 0. The minimum atomic E-state index is 0. The van der Waals surface area contributed by atoms with E-state index in [9.17, 15) is 0 Å². The van der Waals surface area contributed by atoms with Crippen molar-refractivity contribution < 1.29 is 27.3 Å². The van der Waals surface area contributed by atoms with Gasteiger partial charge in [-0.15, -0.1) is 0 Å². The van der Waals surface area contributed by atoms with Gasteiger partial charge in [-0.2, -0.15) is 12.8 Å². The van der Waals surface area contributed by atoms with E-state index in [0.29, 0.717) is 0 Å². The number of rotatable bonds is 14. The van der Waals surface area contributed by atoms with Gasteiger partial charge in [-0.25, -0.2) is 0 Å². The summed E-state index contributed by atoms with van der Waals surface area (Å²) >= 11 is 0. The molecule has 0 aromatic rings. The molecule has 0 spiro atoms. The Morgan fingerprint density at radius 3 is 0.905 bits per heavy atom. The Hall–Kier alpha value is 0.922. The maximum absolute atomic E-state index is 3.82. The molecule has 0 bridgehead atoms. The molecule has 0 aromatic heterocycles. The Morgan fingerprint density at radius 1 is 0.429 bits per heavy atom. The summed E-state index contributed by atoms with van der Waals surface area (Å²) in [4.78, 5) is 0. The third-order valence-electron chi connectivity index (χ3n) is 3.71. The van der Waals surface area contributed by atoms with Crippen LogP contribution >= 0.6 is 0 Å². The molecule has 0 unspecified atom stereocenters. The standard InChI is InChI=1S/2C10H21.Cd/c2*1-3-5-7-9-10-8-6-4-2;/h2*1,3-10H2,2H3;/q2*-1;+2. The quantitative estimate of drug-likeness (QED) is 0.159. The predicted octanol–water partition coefficient (Wildman–Crippen LogP) is 7.92. The van der Waals surface area contributed by atoms with Gasteiger partial charge in [-0.1, -0.05) is 104 Å². The fourth-order valence-corrected chi connectivity index (χ4v) is 2.27. The largest absolute Gasteiger partial charge is 2.00 e. The molecule has 0 radical (unpaired) electrons. The first kappa shape index (κ1) is 26.8. The van der Waals surface area contributed by atoms with Crippen molar-refractivity contribution >= 4 is 0 Å². The Balaban J connectivity index is -0.000000295. The molecule has 0 fully saturated rings. The normalized spacial score (nSPS) is 9.71. The summed E-state index contributed by atoms with van der Waals surface area (Å²) in [7, 11) is 0. The van der Waals surface area contributed by atoms with E-state index >= 15 is 0 Å². The van der Waals surface area contributed by atoms with Gasteiger partial charge >= 0.3 is 27.3 Å². The molecule has 0 aliphatic rings. The molecule has 0 heterocycles. The fourth-order valence-electron chi connectivity index (χ4n) is 2.27. The van der Waals surface area contributed by atoms with E-state index in [-0.39, 0.29) is 27.3 Å². The molecule has 0 amide bonds. The second kappa shape index (κ2) is 29.0. The second-order valence-electron chi connectivity index (χ2n) is 5.95. The van der Waals surface area contributed by atoms with Crippen LogP contribution in [0.5, 0.6) is 0 Å². The zero-order valence-corrected chi connectivity index (χ0v) is 19.5. The molecule has 0 aliphatic heterocycles. The van der Waals surface area contributed by atoms with E-state index in [0.717, 1.165) is 12.8 Å². The van der Waals surface area contributed by atoms with Crippen LogP contribution < -0.4 is 0 Å². The van der Waals surface area contributed by atoms with E-state index in [1.807, 2.05) is 0 Å². The minimum Gasteiger partial charge on any atom is -0.343 e. The molecule has 124 valence electrons. The number of hydrogen-bond acceptors (Lipinski definition) is 0. The Kier molecular flexibility index (Phi) is 37.0. The topological polar surface area (TPSA) is 0 Å². The average Bonchev–Trinajstić information content (AvgIpc) is 2.47. The zero-order valence-electron chi connectivity index (χ0n) is 15.4. The van der Waals surface area contributed by atoms with Crippen LogP contribution in [0.1, 0.15) is 117 Å². The van der Waals surface area contributed by atoms with Crippen LogP contribution in [0.3, 0.4) is 0 Å². The third kappa shape index (κ3) is 33.6. The molecule has 21 heavy (non-hydrogen) atoms. The van der Waals surface area contributed by atoms with Crippen LogP contribution in [0.15, 0.2) is 0 Å². The summed E-state index contributed by atoms with van der Waals surface area (Å²) in [5.41, 5.74) is 0. The monoisotopic (exact) mass is 396 g/mol. The number of unbranched alkanes of at least 4 members (excludes halogenated alkanes) is 14. The summed E-state index contributed by atoms with van der Waals surface area (Å²) in [5, 5.41) is 0. The third-order valence-corrected chi connectivity index (χ3v) is 3.71. The van der Waals surface area contributed by atoms with Gasteiger partial charge in [-0.3, -0.25) is 0 Å². The Morgan fingerprint density at radius 2 is 0.667 bits per heavy atom. The first-order chi connectivity index (χ1) is 9.83. The maximum Gasteiger partial charge on any atom is 2.00 e. The van der Waals surface area contributed by atoms with E-state index in [4.69, 9.17) is 0 Å². The Bertz CT molecular complexity index is 102. The van der Waals surface area contributed by atoms with Crippen LogP contribution in [-0.2, 0) is 27.3 Å². The van der Waals surface area contributed by atoms with Gasteiger partial charge in [0.2, 0.25) is 0 Å². The molecule has 0 saturated carbocycles. The van der Waals surface area contributed by atoms with Crippen molar-refractivity contribution in [2.45, 2.75) is 117 Å². The molecule has 0 rings (SSSR count). The predicted molar refractivity (Wildman–Crippen MR) is 95.9 cm³/mol. The van der Waals surface area contributed by atoms with Crippen molar-refractivity contribution in [3.05, 3.63) is 13.8 Å². The molecule has 0 N–H and O–H groups in total. The van der Waals surface area contributed by atoms with E-state index in [1.54, 1.807) is 0 Å². The van der Waals surface area contributed by atoms with Crippen molar-refractivity contribution in [2.75, 3.05) is 0 Å². The van der Waals surface area contributed by atoms with Gasteiger partial charge in [0.15, 0.2) is 0 Å². The summed E-state index contributed by atoms with van der Waals surface area (Å²) in [5.74, 6) is 0. The summed E-state index contributed by atoms with van der Waals surface area (Å²) < 4.78 is 0.